The lowest BCUT2D eigenvalue weighted by Crippen LogP contribution is -2.32. The lowest BCUT2D eigenvalue weighted by molar-refractivity contribution is 0.0792. The molecule has 3 aromatic rings. The van der Waals surface area contributed by atoms with Gasteiger partial charge in [-0.1, -0.05) is 60.7 Å². The van der Waals surface area contributed by atoms with E-state index in [2.05, 4.69) is 15.5 Å². The van der Waals surface area contributed by atoms with Crippen LogP contribution in [0.15, 0.2) is 77.6 Å². The highest BCUT2D eigenvalue weighted by molar-refractivity contribution is 5.92. The fraction of sp³-hybridized carbons (Fsp3) is 0.150. The van der Waals surface area contributed by atoms with Gasteiger partial charge in [0, 0.05) is 6.07 Å². The van der Waals surface area contributed by atoms with Crippen molar-refractivity contribution in [2.75, 3.05) is 6.61 Å². The lowest BCUT2D eigenvalue weighted by atomic mass is 10.1. The Balaban J connectivity index is 1.68. The van der Waals surface area contributed by atoms with Crippen molar-refractivity contribution in [3.05, 3.63) is 100.0 Å². The van der Waals surface area contributed by atoms with Gasteiger partial charge in [0.2, 0.25) is 0 Å². The zero-order valence-electron chi connectivity index (χ0n) is 14.1. The number of benzene rings is 2. The van der Waals surface area contributed by atoms with E-state index in [1.807, 2.05) is 60.7 Å². The molecule has 0 bridgehead atoms. The van der Waals surface area contributed by atoms with Crippen molar-refractivity contribution in [2.45, 2.75) is 12.6 Å². The highest BCUT2D eigenvalue weighted by Crippen LogP contribution is 2.14. The number of rotatable bonds is 7. The molecule has 0 saturated heterocycles. The summed E-state index contributed by atoms with van der Waals surface area (Å²) in [6, 6.07) is 21.7. The van der Waals surface area contributed by atoms with Crippen molar-refractivity contribution in [2.24, 2.45) is 0 Å². The molecule has 0 spiro atoms. The van der Waals surface area contributed by atoms with Crippen molar-refractivity contribution in [3.8, 4) is 0 Å². The number of aromatic amines is 1. The maximum atomic E-state index is 12.4. The standard InChI is InChI=1S/C20H19N3O3/c24-19-12-11-17(22-23-19)20(25)21-18(16-9-5-2-6-10-16)14-26-13-15-7-3-1-4-8-15/h1-12,18H,13-14H2,(H,21,25)(H,23,24)/t18-/m1/s1. The van der Waals surface area contributed by atoms with Crippen molar-refractivity contribution >= 4 is 5.91 Å². The Morgan fingerprint density at radius 2 is 1.69 bits per heavy atom. The molecule has 0 aliphatic rings. The summed E-state index contributed by atoms with van der Waals surface area (Å²) in [6.45, 7) is 0.769. The Bertz CT molecular complexity index is 874. The van der Waals surface area contributed by atoms with E-state index in [-0.39, 0.29) is 23.2 Å². The molecule has 1 heterocycles. The second-order valence-corrected chi connectivity index (χ2v) is 5.74. The summed E-state index contributed by atoms with van der Waals surface area (Å²) >= 11 is 0. The van der Waals surface area contributed by atoms with Crippen molar-refractivity contribution in [3.63, 3.8) is 0 Å². The van der Waals surface area contributed by atoms with Gasteiger partial charge in [-0.2, -0.15) is 5.10 Å². The molecule has 132 valence electrons. The van der Waals surface area contributed by atoms with Crippen LogP contribution >= 0.6 is 0 Å². The van der Waals surface area contributed by atoms with E-state index in [1.54, 1.807) is 0 Å². The van der Waals surface area contributed by atoms with Gasteiger partial charge in [-0.15, -0.1) is 0 Å². The second-order valence-electron chi connectivity index (χ2n) is 5.74. The van der Waals surface area contributed by atoms with Gasteiger partial charge in [-0.3, -0.25) is 9.59 Å². The number of nitrogens with zero attached hydrogens (tertiary/aromatic N) is 1. The molecule has 3 rings (SSSR count). The molecular weight excluding hydrogens is 330 g/mol. The molecule has 0 aliphatic heterocycles. The van der Waals surface area contributed by atoms with Gasteiger partial charge in [0.1, 0.15) is 5.69 Å². The number of ether oxygens (including phenoxy) is 1. The van der Waals surface area contributed by atoms with E-state index >= 15 is 0 Å². The molecule has 0 aliphatic carbocycles. The van der Waals surface area contributed by atoms with Gasteiger partial charge in [0.25, 0.3) is 11.5 Å². The third-order valence-electron chi connectivity index (χ3n) is 3.82. The largest absolute Gasteiger partial charge is 0.374 e. The molecule has 0 unspecified atom stereocenters. The molecule has 2 N–H and O–H groups in total. The van der Waals surface area contributed by atoms with E-state index in [1.165, 1.54) is 12.1 Å². The van der Waals surface area contributed by atoms with Crippen LogP contribution in [0, 0.1) is 0 Å². The number of hydrogen-bond donors (Lipinski definition) is 2. The van der Waals surface area contributed by atoms with Crippen molar-refractivity contribution < 1.29 is 9.53 Å². The number of H-pyrrole nitrogens is 1. The van der Waals surface area contributed by atoms with Crippen LogP contribution < -0.4 is 10.9 Å². The third kappa shape index (κ3) is 4.87. The van der Waals surface area contributed by atoms with Crippen LogP contribution in [0.5, 0.6) is 0 Å². The molecule has 2 aromatic carbocycles. The fourth-order valence-electron chi connectivity index (χ4n) is 2.48. The van der Waals surface area contributed by atoms with Crippen LogP contribution in [0.2, 0.25) is 0 Å². The van der Waals surface area contributed by atoms with Crippen LogP contribution in [0.4, 0.5) is 0 Å². The normalized spacial score (nSPS) is 11.7. The number of amides is 1. The summed E-state index contributed by atoms with van der Waals surface area (Å²) in [6.07, 6.45) is 0. The predicted molar refractivity (Wildman–Crippen MR) is 97.6 cm³/mol. The summed E-state index contributed by atoms with van der Waals surface area (Å²) in [5, 5.41) is 8.93. The zero-order valence-corrected chi connectivity index (χ0v) is 14.1. The van der Waals surface area contributed by atoms with Gasteiger partial charge < -0.3 is 10.1 Å². The summed E-state index contributed by atoms with van der Waals surface area (Å²) in [5.74, 6) is -0.376. The summed E-state index contributed by atoms with van der Waals surface area (Å²) in [4.78, 5) is 23.5. The van der Waals surface area contributed by atoms with Gasteiger partial charge >= 0.3 is 0 Å². The van der Waals surface area contributed by atoms with Gasteiger partial charge in [0.15, 0.2) is 0 Å². The Kier molecular flexibility index (Phi) is 5.90. The summed E-state index contributed by atoms with van der Waals surface area (Å²) < 4.78 is 5.80. The minimum Gasteiger partial charge on any atom is -0.374 e. The minimum atomic E-state index is -0.376. The van der Waals surface area contributed by atoms with E-state index in [4.69, 9.17) is 4.74 Å². The van der Waals surface area contributed by atoms with Gasteiger partial charge in [0.05, 0.1) is 19.3 Å². The molecule has 6 nitrogen and oxygen atoms in total. The molecule has 1 atom stereocenters. The molecule has 26 heavy (non-hydrogen) atoms. The first-order valence-corrected chi connectivity index (χ1v) is 8.25. The first kappa shape index (κ1) is 17.6. The predicted octanol–water partition coefficient (Wildman–Crippen LogP) is 2.46. The van der Waals surface area contributed by atoms with Crippen molar-refractivity contribution in [1.82, 2.24) is 15.5 Å². The number of hydrogen-bond acceptors (Lipinski definition) is 4. The first-order chi connectivity index (χ1) is 12.7. The van der Waals surface area contributed by atoms with E-state index in [0.717, 1.165) is 11.1 Å². The van der Waals surface area contributed by atoms with E-state index < -0.39 is 0 Å². The zero-order chi connectivity index (χ0) is 18.2. The smallest absolute Gasteiger partial charge is 0.272 e. The lowest BCUT2D eigenvalue weighted by Gasteiger charge is -2.19. The minimum absolute atomic E-state index is 0.147. The van der Waals surface area contributed by atoms with E-state index in [0.29, 0.717) is 13.2 Å². The van der Waals surface area contributed by atoms with Crippen LogP contribution in [-0.4, -0.2) is 22.7 Å². The number of carbonyl (C=O) groups excluding carboxylic acids is 1. The average molecular weight is 349 g/mol. The van der Waals surface area contributed by atoms with E-state index in [9.17, 15) is 9.59 Å². The van der Waals surface area contributed by atoms with Crippen LogP contribution in [0.3, 0.4) is 0 Å². The molecular formula is C20H19N3O3. The number of aromatic nitrogens is 2. The number of nitrogens with one attached hydrogen (secondary N) is 2. The molecule has 1 amide bonds. The first-order valence-electron chi connectivity index (χ1n) is 8.25. The highest BCUT2D eigenvalue weighted by atomic mass is 16.5. The molecule has 0 fully saturated rings. The molecule has 0 saturated carbocycles. The Hall–Kier alpha value is -3.25. The summed E-state index contributed by atoms with van der Waals surface area (Å²) in [5.41, 5.74) is 1.78. The SMILES string of the molecule is O=C(N[C@H](COCc1ccccc1)c1ccccc1)c1ccc(=O)[nH]n1. The van der Waals surface area contributed by atoms with Crippen LogP contribution in [0.25, 0.3) is 0 Å². The quantitative estimate of drug-likeness (QED) is 0.686. The highest BCUT2D eigenvalue weighted by Gasteiger charge is 2.17. The maximum Gasteiger partial charge on any atom is 0.272 e. The fourth-order valence-corrected chi connectivity index (χ4v) is 2.48. The Labute approximate surface area is 150 Å². The van der Waals surface area contributed by atoms with Crippen molar-refractivity contribution in [1.29, 1.82) is 0 Å². The average Bonchev–Trinajstić information content (AvgIpc) is 2.69. The second kappa shape index (κ2) is 8.73. The monoisotopic (exact) mass is 349 g/mol. The summed E-state index contributed by atoms with van der Waals surface area (Å²) in [7, 11) is 0. The number of carbonyl (C=O) groups is 1. The molecule has 6 heteroatoms. The topological polar surface area (TPSA) is 84.1 Å². The van der Waals surface area contributed by atoms with Gasteiger partial charge in [-0.25, -0.2) is 5.10 Å². The Morgan fingerprint density at radius 3 is 2.35 bits per heavy atom. The molecule has 1 aromatic heterocycles. The van der Waals surface area contributed by atoms with Gasteiger partial charge in [-0.05, 0) is 17.2 Å². The molecule has 0 radical (unpaired) electrons. The van der Waals surface area contributed by atoms with Crippen LogP contribution in [-0.2, 0) is 11.3 Å². The maximum absolute atomic E-state index is 12.4. The Morgan fingerprint density at radius 1 is 1.00 bits per heavy atom. The third-order valence-corrected chi connectivity index (χ3v) is 3.82. The van der Waals surface area contributed by atoms with Crippen LogP contribution in [0.1, 0.15) is 27.7 Å².